The second-order valence-electron chi connectivity index (χ2n) is 7.59. The first-order valence-corrected chi connectivity index (χ1v) is 11.3. The predicted octanol–water partition coefficient (Wildman–Crippen LogP) is 2.64. The molecule has 0 spiro atoms. The van der Waals surface area contributed by atoms with Crippen LogP contribution in [-0.4, -0.2) is 77.6 Å². The molecule has 0 atom stereocenters. The number of hydrogen-bond acceptors (Lipinski definition) is 9. The van der Waals surface area contributed by atoms with E-state index >= 15 is 0 Å². The minimum Gasteiger partial charge on any atom is -0.508 e. The van der Waals surface area contributed by atoms with Gasteiger partial charge in [0.2, 0.25) is 5.95 Å². The number of morpholine rings is 2. The number of phenolic OH excluding ortho intramolecular Hbond substituents is 1. The summed E-state index contributed by atoms with van der Waals surface area (Å²) in [6.07, 6.45) is 0. The molecule has 2 aliphatic rings. The number of nitrogens with zero attached hydrogens (tertiary/aromatic N) is 5. The van der Waals surface area contributed by atoms with Gasteiger partial charge in [0.05, 0.1) is 31.3 Å². The highest BCUT2D eigenvalue weighted by molar-refractivity contribution is 7.15. The summed E-state index contributed by atoms with van der Waals surface area (Å²) in [6, 6.07) is 11.3. The van der Waals surface area contributed by atoms with Crippen molar-refractivity contribution in [3.8, 4) is 27.8 Å². The Balaban J connectivity index is 1.47. The van der Waals surface area contributed by atoms with Crippen molar-refractivity contribution < 1.29 is 14.6 Å². The molecule has 0 saturated carbocycles. The summed E-state index contributed by atoms with van der Waals surface area (Å²) in [5.41, 5.74) is 0.767. The Labute approximate surface area is 185 Å². The van der Waals surface area contributed by atoms with Crippen LogP contribution < -0.4 is 4.90 Å². The maximum absolute atomic E-state index is 9.93. The van der Waals surface area contributed by atoms with Gasteiger partial charge in [-0.3, -0.25) is 4.90 Å². The van der Waals surface area contributed by atoms with Crippen LogP contribution in [0.5, 0.6) is 5.75 Å². The molecule has 0 aliphatic carbocycles. The summed E-state index contributed by atoms with van der Waals surface area (Å²) in [5.74, 6) is 2.06. The minimum atomic E-state index is 0.191. The molecule has 4 heterocycles. The summed E-state index contributed by atoms with van der Waals surface area (Å²) in [5, 5.41) is 9.93. The number of thiophene rings is 1. The Bertz CT molecular complexity index is 1030. The highest BCUT2D eigenvalue weighted by atomic mass is 32.1. The summed E-state index contributed by atoms with van der Waals surface area (Å²) < 4.78 is 10.9. The van der Waals surface area contributed by atoms with Crippen LogP contribution in [-0.2, 0) is 16.0 Å². The van der Waals surface area contributed by atoms with Crippen molar-refractivity contribution in [2.45, 2.75) is 6.54 Å². The van der Waals surface area contributed by atoms with Crippen molar-refractivity contribution in [2.75, 3.05) is 57.5 Å². The van der Waals surface area contributed by atoms with Crippen LogP contribution in [0.15, 0.2) is 36.4 Å². The van der Waals surface area contributed by atoms with Gasteiger partial charge in [0.1, 0.15) is 5.75 Å². The van der Waals surface area contributed by atoms with E-state index in [0.717, 1.165) is 56.4 Å². The summed E-state index contributed by atoms with van der Waals surface area (Å²) >= 11 is 1.71. The van der Waals surface area contributed by atoms with Crippen LogP contribution in [0.1, 0.15) is 4.88 Å². The fourth-order valence-electron chi connectivity index (χ4n) is 3.72. The van der Waals surface area contributed by atoms with Gasteiger partial charge < -0.3 is 19.5 Å². The molecule has 1 aromatic carbocycles. The van der Waals surface area contributed by atoms with Crippen LogP contribution in [0.4, 0.5) is 5.95 Å². The van der Waals surface area contributed by atoms with E-state index in [2.05, 4.69) is 21.9 Å². The van der Waals surface area contributed by atoms with E-state index < -0.39 is 0 Å². The maximum atomic E-state index is 9.93. The van der Waals surface area contributed by atoms with Gasteiger partial charge in [0, 0.05) is 43.2 Å². The SMILES string of the molecule is Oc1cccc(-c2nc(-c3ccc(CN4CCOCC4)s3)nc(N3CCOCC3)n2)c1. The Kier molecular flexibility index (Phi) is 6.08. The number of ether oxygens (including phenoxy) is 2. The molecule has 2 aromatic heterocycles. The molecule has 162 valence electrons. The number of aromatic hydroxyl groups is 1. The van der Waals surface area contributed by atoms with E-state index in [1.165, 1.54) is 4.88 Å². The van der Waals surface area contributed by atoms with Crippen molar-refractivity contribution in [1.82, 2.24) is 19.9 Å². The molecule has 9 heteroatoms. The van der Waals surface area contributed by atoms with Gasteiger partial charge in [-0.25, -0.2) is 4.98 Å². The lowest BCUT2D eigenvalue weighted by atomic mass is 10.2. The molecule has 8 nitrogen and oxygen atoms in total. The normalized spacial score (nSPS) is 17.7. The minimum absolute atomic E-state index is 0.191. The second-order valence-corrected chi connectivity index (χ2v) is 8.76. The van der Waals surface area contributed by atoms with E-state index in [-0.39, 0.29) is 5.75 Å². The molecule has 0 amide bonds. The van der Waals surface area contributed by atoms with Crippen LogP contribution >= 0.6 is 11.3 Å². The molecule has 2 aliphatic heterocycles. The molecule has 31 heavy (non-hydrogen) atoms. The zero-order chi connectivity index (χ0) is 21.0. The maximum Gasteiger partial charge on any atom is 0.229 e. The molecule has 0 bridgehead atoms. The lowest BCUT2D eigenvalue weighted by molar-refractivity contribution is 0.0346. The van der Waals surface area contributed by atoms with Crippen molar-refractivity contribution in [3.63, 3.8) is 0 Å². The van der Waals surface area contributed by atoms with Gasteiger partial charge in [0.15, 0.2) is 11.6 Å². The van der Waals surface area contributed by atoms with Gasteiger partial charge in [-0.1, -0.05) is 12.1 Å². The fraction of sp³-hybridized carbons (Fsp3) is 0.409. The number of hydrogen-bond donors (Lipinski definition) is 1. The molecule has 3 aromatic rings. The summed E-state index contributed by atoms with van der Waals surface area (Å²) in [7, 11) is 0. The zero-order valence-corrected chi connectivity index (χ0v) is 18.1. The van der Waals surface area contributed by atoms with Crippen molar-refractivity contribution in [1.29, 1.82) is 0 Å². The molecular formula is C22H25N5O3S. The molecule has 2 fully saturated rings. The van der Waals surface area contributed by atoms with E-state index in [9.17, 15) is 5.11 Å². The molecule has 1 N–H and O–H groups in total. The van der Waals surface area contributed by atoms with Gasteiger partial charge >= 0.3 is 0 Å². The topological polar surface area (TPSA) is 83.8 Å². The number of rotatable bonds is 5. The van der Waals surface area contributed by atoms with E-state index in [4.69, 9.17) is 24.4 Å². The van der Waals surface area contributed by atoms with Gasteiger partial charge in [-0.05, 0) is 24.3 Å². The largest absolute Gasteiger partial charge is 0.508 e. The van der Waals surface area contributed by atoms with Gasteiger partial charge in [-0.15, -0.1) is 11.3 Å². The van der Waals surface area contributed by atoms with Crippen LogP contribution in [0.3, 0.4) is 0 Å². The molecule has 2 saturated heterocycles. The number of aromatic nitrogens is 3. The van der Waals surface area contributed by atoms with Crippen molar-refractivity contribution in [3.05, 3.63) is 41.3 Å². The number of phenols is 1. The van der Waals surface area contributed by atoms with Gasteiger partial charge in [-0.2, -0.15) is 9.97 Å². The number of benzene rings is 1. The first kappa shape index (κ1) is 20.3. The average Bonchev–Trinajstić information content (AvgIpc) is 3.28. The zero-order valence-electron chi connectivity index (χ0n) is 17.2. The average molecular weight is 440 g/mol. The smallest absolute Gasteiger partial charge is 0.229 e. The van der Waals surface area contributed by atoms with Crippen LogP contribution in [0.25, 0.3) is 22.1 Å². The van der Waals surface area contributed by atoms with Crippen LogP contribution in [0, 0.1) is 0 Å². The Morgan fingerprint density at radius 2 is 1.61 bits per heavy atom. The number of anilines is 1. The Morgan fingerprint density at radius 3 is 2.39 bits per heavy atom. The predicted molar refractivity (Wildman–Crippen MR) is 119 cm³/mol. The standard InChI is InChI=1S/C22H25N5O3S/c28-17-3-1-2-16(14-17)20-23-21(25-22(24-20)27-8-12-30-13-9-27)19-5-4-18(31-19)15-26-6-10-29-11-7-26/h1-5,14,28H,6-13,15H2. The van der Waals surface area contributed by atoms with Crippen molar-refractivity contribution >= 4 is 17.3 Å². The highest BCUT2D eigenvalue weighted by Crippen LogP contribution is 2.30. The molecular weight excluding hydrogens is 414 g/mol. The Hall–Kier alpha value is -2.59. The lowest BCUT2D eigenvalue weighted by Gasteiger charge is -2.27. The van der Waals surface area contributed by atoms with E-state index in [1.54, 1.807) is 29.5 Å². The third kappa shape index (κ3) is 4.85. The molecule has 0 unspecified atom stereocenters. The first-order valence-electron chi connectivity index (χ1n) is 10.5. The van der Waals surface area contributed by atoms with E-state index in [1.807, 2.05) is 6.07 Å². The van der Waals surface area contributed by atoms with Crippen molar-refractivity contribution in [2.24, 2.45) is 0 Å². The third-order valence-corrected chi connectivity index (χ3v) is 6.45. The Morgan fingerprint density at radius 1 is 0.871 bits per heavy atom. The lowest BCUT2D eigenvalue weighted by Crippen LogP contribution is -2.37. The first-order chi connectivity index (χ1) is 15.2. The summed E-state index contributed by atoms with van der Waals surface area (Å²) in [6.45, 7) is 7.23. The third-order valence-electron chi connectivity index (χ3n) is 5.39. The highest BCUT2D eigenvalue weighted by Gasteiger charge is 2.19. The van der Waals surface area contributed by atoms with E-state index in [0.29, 0.717) is 30.8 Å². The second kappa shape index (κ2) is 9.27. The molecule has 0 radical (unpaired) electrons. The fourth-order valence-corrected chi connectivity index (χ4v) is 4.70. The molecule has 5 rings (SSSR count). The van der Waals surface area contributed by atoms with Crippen LogP contribution in [0.2, 0.25) is 0 Å². The van der Waals surface area contributed by atoms with Gasteiger partial charge in [0.25, 0.3) is 0 Å². The monoisotopic (exact) mass is 439 g/mol. The quantitative estimate of drug-likeness (QED) is 0.650. The summed E-state index contributed by atoms with van der Waals surface area (Å²) in [4.78, 5) is 21.1.